The first kappa shape index (κ1) is 11.2. The molecular weight excluding hydrogens is 205 g/mol. The number of ether oxygens (including phenoxy) is 1. The van der Waals surface area contributed by atoms with E-state index in [9.17, 15) is 4.39 Å². The Balaban J connectivity index is 2.68. The molecule has 0 saturated heterocycles. The van der Waals surface area contributed by atoms with Crippen LogP contribution in [-0.2, 0) is 0 Å². The highest BCUT2D eigenvalue weighted by molar-refractivity contribution is 6.31. The second kappa shape index (κ2) is 4.13. The fourth-order valence-corrected chi connectivity index (χ4v) is 1.14. The highest BCUT2D eigenvalue weighted by atomic mass is 35.5. The molecule has 0 radical (unpaired) electrons. The molecule has 0 fully saturated rings. The molecule has 0 saturated carbocycles. The number of aryl methyl sites for hydroxylation is 1. The van der Waals surface area contributed by atoms with Gasteiger partial charge in [-0.25, -0.2) is 9.37 Å². The summed E-state index contributed by atoms with van der Waals surface area (Å²) in [6.45, 7) is 4.70. The first-order valence-corrected chi connectivity index (χ1v) is 4.70. The van der Waals surface area contributed by atoms with Gasteiger partial charge in [-0.1, -0.05) is 11.6 Å². The van der Waals surface area contributed by atoms with Crippen molar-refractivity contribution in [3.8, 4) is 5.88 Å². The van der Waals surface area contributed by atoms with Crippen LogP contribution in [0.3, 0.4) is 0 Å². The minimum Gasteiger partial charge on any atom is -0.473 e. The third-order valence-electron chi connectivity index (χ3n) is 1.50. The molecular formula is C10H13ClFNO. The molecule has 14 heavy (non-hydrogen) atoms. The van der Waals surface area contributed by atoms with E-state index in [1.54, 1.807) is 12.3 Å². The van der Waals surface area contributed by atoms with Gasteiger partial charge in [0, 0.05) is 6.20 Å². The summed E-state index contributed by atoms with van der Waals surface area (Å²) in [6.07, 6.45) is 1.63. The Labute approximate surface area is 88.1 Å². The van der Waals surface area contributed by atoms with Gasteiger partial charge in [-0.3, -0.25) is 0 Å². The van der Waals surface area contributed by atoms with Gasteiger partial charge in [0.25, 0.3) is 0 Å². The van der Waals surface area contributed by atoms with E-state index in [1.807, 2.05) is 6.92 Å². The van der Waals surface area contributed by atoms with Crippen LogP contribution in [0.25, 0.3) is 0 Å². The molecule has 1 aromatic heterocycles. The maximum atomic E-state index is 13.1. The van der Waals surface area contributed by atoms with Gasteiger partial charge < -0.3 is 4.74 Å². The van der Waals surface area contributed by atoms with Crippen molar-refractivity contribution in [1.29, 1.82) is 0 Å². The van der Waals surface area contributed by atoms with Gasteiger partial charge in [0.1, 0.15) is 17.3 Å². The molecule has 0 amide bonds. The average Bonchev–Trinajstić information content (AvgIpc) is 2.00. The van der Waals surface area contributed by atoms with Gasteiger partial charge in [0.05, 0.1) is 0 Å². The van der Waals surface area contributed by atoms with Crippen molar-refractivity contribution < 1.29 is 9.13 Å². The zero-order chi connectivity index (χ0) is 10.8. The Kier molecular flexibility index (Phi) is 3.32. The van der Waals surface area contributed by atoms with E-state index in [4.69, 9.17) is 16.3 Å². The molecule has 0 unspecified atom stereocenters. The first-order chi connectivity index (χ1) is 6.38. The quantitative estimate of drug-likeness (QED) is 0.776. The molecule has 1 rings (SSSR count). The van der Waals surface area contributed by atoms with E-state index in [1.165, 1.54) is 13.8 Å². The fraction of sp³-hybridized carbons (Fsp3) is 0.500. The molecule has 1 aromatic rings. The lowest BCUT2D eigenvalue weighted by Crippen LogP contribution is -2.23. The SMILES string of the molecule is Cc1cnc(OCC(C)(C)F)c(Cl)c1. The smallest absolute Gasteiger partial charge is 0.232 e. The van der Waals surface area contributed by atoms with E-state index >= 15 is 0 Å². The number of alkyl halides is 1. The number of hydrogen-bond acceptors (Lipinski definition) is 2. The van der Waals surface area contributed by atoms with E-state index in [0.29, 0.717) is 5.02 Å². The van der Waals surface area contributed by atoms with Crippen LogP contribution in [-0.4, -0.2) is 17.3 Å². The molecule has 78 valence electrons. The van der Waals surface area contributed by atoms with Crippen LogP contribution in [0.4, 0.5) is 4.39 Å². The van der Waals surface area contributed by atoms with Crippen LogP contribution < -0.4 is 4.74 Å². The molecule has 0 N–H and O–H groups in total. The zero-order valence-corrected chi connectivity index (χ0v) is 9.23. The van der Waals surface area contributed by atoms with Gasteiger partial charge in [0.15, 0.2) is 0 Å². The maximum absolute atomic E-state index is 13.1. The molecule has 0 bridgehead atoms. The second-order valence-corrected chi connectivity index (χ2v) is 4.21. The Morgan fingerprint density at radius 2 is 2.21 bits per heavy atom. The van der Waals surface area contributed by atoms with Crippen LogP contribution in [0, 0.1) is 6.92 Å². The number of aromatic nitrogens is 1. The second-order valence-electron chi connectivity index (χ2n) is 3.81. The summed E-state index contributed by atoms with van der Waals surface area (Å²) in [5.74, 6) is 0.281. The van der Waals surface area contributed by atoms with E-state index in [-0.39, 0.29) is 12.5 Å². The Bertz CT molecular complexity index is 322. The molecule has 0 aromatic carbocycles. The molecule has 0 atom stereocenters. The van der Waals surface area contributed by atoms with Crippen molar-refractivity contribution in [1.82, 2.24) is 4.98 Å². The van der Waals surface area contributed by atoms with E-state index in [0.717, 1.165) is 5.56 Å². The van der Waals surface area contributed by atoms with Gasteiger partial charge in [-0.05, 0) is 32.4 Å². The molecule has 0 aliphatic carbocycles. The normalized spacial score (nSPS) is 11.5. The van der Waals surface area contributed by atoms with Gasteiger partial charge in [-0.15, -0.1) is 0 Å². The lowest BCUT2D eigenvalue weighted by Gasteiger charge is -2.15. The first-order valence-electron chi connectivity index (χ1n) is 4.32. The molecule has 1 heterocycles. The highest BCUT2D eigenvalue weighted by Gasteiger charge is 2.17. The average molecular weight is 218 g/mol. The summed E-state index contributed by atoms with van der Waals surface area (Å²) >= 11 is 5.85. The minimum absolute atomic E-state index is 0.0528. The van der Waals surface area contributed by atoms with Crippen molar-refractivity contribution in [3.63, 3.8) is 0 Å². The standard InChI is InChI=1S/C10H13ClFNO/c1-7-4-8(11)9(13-5-7)14-6-10(2,3)12/h4-5H,6H2,1-3H3. The predicted molar refractivity (Wildman–Crippen MR) is 54.7 cm³/mol. The third kappa shape index (κ3) is 3.50. The van der Waals surface area contributed by atoms with E-state index in [2.05, 4.69) is 4.98 Å². The van der Waals surface area contributed by atoms with Crippen LogP contribution >= 0.6 is 11.6 Å². The minimum atomic E-state index is -1.38. The number of nitrogens with zero attached hydrogens (tertiary/aromatic N) is 1. The summed E-state index contributed by atoms with van der Waals surface area (Å²) in [7, 11) is 0. The van der Waals surface area contributed by atoms with Crippen LogP contribution in [0.1, 0.15) is 19.4 Å². The lowest BCUT2D eigenvalue weighted by molar-refractivity contribution is 0.117. The monoisotopic (exact) mass is 217 g/mol. The van der Waals surface area contributed by atoms with Crippen molar-refractivity contribution in [3.05, 3.63) is 22.8 Å². The molecule has 0 aliphatic rings. The van der Waals surface area contributed by atoms with E-state index < -0.39 is 5.67 Å². The number of rotatable bonds is 3. The lowest BCUT2D eigenvalue weighted by atomic mass is 10.2. The van der Waals surface area contributed by atoms with Gasteiger partial charge >= 0.3 is 0 Å². The Hall–Kier alpha value is -0.830. The summed E-state index contributed by atoms with van der Waals surface area (Å²) in [6, 6.07) is 1.73. The molecule has 2 nitrogen and oxygen atoms in total. The summed E-state index contributed by atoms with van der Waals surface area (Å²) < 4.78 is 18.2. The van der Waals surface area contributed by atoms with Crippen LogP contribution in [0.5, 0.6) is 5.88 Å². The Morgan fingerprint density at radius 1 is 1.57 bits per heavy atom. The fourth-order valence-electron chi connectivity index (χ4n) is 0.867. The Morgan fingerprint density at radius 3 is 2.71 bits per heavy atom. The maximum Gasteiger partial charge on any atom is 0.232 e. The third-order valence-corrected chi connectivity index (χ3v) is 1.77. The topological polar surface area (TPSA) is 22.1 Å². The molecule has 0 spiro atoms. The highest BCUT2D eigenvalue weighted by Crippen LogP contribution is 2.23. The van der Waals surface area contributed by atoms with Gasteiger partial charge in [0.2, 0.25) is 5.88 Å². The zero-order valence-electron chi connectivity index (χ0n) is 8.47. The van der Waals surface area contributed by atoms with Crippen molar-refractivity contribution >= 4 is 11.6 Å². The molecule has 0 aliphatic heterocycles. The summed E-state index contributed by atoms with van der Waals surface area (Å²) in [4.78, 5) is 3.96. The number of halogens is 2. The van der Waals surface area contributed by atoms with Crippen LogP contribution in [0.2, 0.25) is 5.02 Å². The predicted octanol–water partition coefficient (Wildman–Crippen LogP) is 3.17. The molecule has 4 heteroatoms. The van der Waals surface area contributed by atoms with Crippen molar-refractivity contribution in [2.75, 3.05) is 6.61 Å². The summed E-state index contributed by atoms with van der Waals surface area (Å²) in [5.41, 5.74) is -0.433. The van der Waals surface area contributed by atoms with Crippen molar-refractivity contribution in [2.24, 2.45) is 0 Å². The largest absolute Gasteiger partial charge is 0.473 e. The van der Waals surface area contributed by atoms with Crippen molar-refractivity contribution in [2.45, 2.75) is 26.4 Å². The number of pyridine rings is 1. The van der Waals surface area contributed by atoms with Gasteiger partial charge in [-0.2, -0.15) is 0 Å². The number of hydrogen-bond donors (Lipinski definition) is 0. The summed E-state index contributed by atoms with van der Waals surface area (Å²) in [5, 5.41) is 0.411. The van der Waals surface area contributed by atoms with Crippen LogP contribution in [0.15, 0.2) is 12.3 Å².